The fourth-order valence-corrected chi connectivity index (χ4v) is 1.60. The van der Waals surface area contributed by atoms with Crippen molar-refractivity contribution in [2.24, 2.45) is 5.84 Å². The van der Waals surface area contributed by atoms with Gasteiger partial charge in [0, 0.05) is 6.54 Å². The first-order valence-corrected chi connectivity index (χ1v) is 4.95. The van der Waals surface area contributed by atoms with E-state index in [1.165, 1.54) is 10.9 Å². The molecule has 1 aromatic heterocycles. The first-order chi connectivity index (χ1) is 7.11. The number of aromatic nitrogens is 2. The maximum Gasteiger partial charge on any atom is 0.260 e. The molecule has 1 heterocycles. The molecule has 86 valence electrons. The van der Waals surface area contributed by atoms with Gasteiger partial charge in [0.15, 0.2) is 0 Å². The molecule has 3 N–H and O–H groups in total. The summed E-state index contributed by atoms with van der Waals surface area (Å²) in [5, 5.41) is 4.11. The van der Waals surface area contributed by atoms with Crippen LogP contribution in [0.5, 0.6) is 0 Å². The highest BCUT2D eigenvalue weighted by Crippen LogP contribution is 2.26. The zero-order chi connectivity index (χ0) is 11.4. The minimum absolute atomic E-state index is 0.201. The molecule has 1 atom stereocenters. The van der Waals surface area contributed by atoms with Crippen molar-refractivity contribution in [1.82, 2.24) is 15.2 Å². The molecule has 0 bridgehead atoms. The summed E-state index contributed by atoms with van der Waals surface area (Å²) in [6, 6.07) is -1.29. The monoisotopic (exact) mass is 238 g/mol. The van der Waals surface area contributed by atoms with Crippen molar-refractivity contribution in [2.75, 3.05) is 0 Å². The molecule has 0 aromatic carbocycles. The van der Waals surface area contributed by atoms with E-state index < -0.39 is 12.5 Å². The van der Waals surface area contributed by atoms with E-state index in [1.54, 1.807) is 0 Å². The van der Waals surface area contributed by atoms with Crippen molar-refractivity contribution in [3.05, 3.63) is 16.9 Å². The van der Waals surface area contributed by atoms with Crippen LogP contribution in [0, 0.1) is 0 Å². The van der Waals surface area contributed by atoms with E-state index in [4.69, 9.17) is 17.4 Å². The van der Waals surface area contributed by atoms with Crippen LogP contribution >= 0.6 is 11.6 Å². The summed E-state index contributed by atoms with van der Waals surface area (Å²) in [4.78, 5) is 0. The molecular formula is C8H13ClF2N4. The number of rotatable bonds is 5. The molecule has 0 aliphatic heterocycles. The third kappa shape index (κ3) is 2.64. The summed E-state index contributed by atoms with van der Waals surface area (Å²) in [5.41, 5.74) is 2.28. The lowest BCUT2D eigenvalue weighted by Crippen LogP contribution is -2.34. The van der Waals surface area contributed by atoms with Gasteiger partial charge in [-0.1, -0.05) is 18.5 Å². The first-order valence-electron chi connectivity index (χ1n) is 4.57. The quantitative estimate of drug-likeness (QED) is 0.607. The van der Waals surface area contributed by atoms with Gasteiger partial charge in [0.2, 0.25) is 0 Å². The van der Waals surface area contributed by atoms with Gasteiger partial charge in [0.1, 0.15) is 6.04 Å². The highest BCUT2D eigenvalue weighted by atomic mass is 35.5. The Hall–Kier alpha value is -0.720. The lowest BCUT2D eigenvalue weighted by atomic mass is 10.2. The second kappa shape index (κ2) is 5.39. The summed E-state index contributed by atoms with van der Waals surface area (Å²) in [5.74, 6) is 5.07. The van der Waals surface area contributed by atoms with Crippen LogP contribution in [0.25, 0.3) is 0 Å². The van der Waals surface area contributed by atoms with Crippen molar-refractivity contribution in [1.29, 1.82) is 0 Å². The third-order valence-electron chi connectivity index (χ3n) is 1.99. The Kier molecular flexibility index (Phi) is 4.44. The maximum absolute atomic E-state index is 12.6. The van der Waals surface area contributed by atoms with Crippen molar-refractivity contribution in [3.8, 4) is 0 Å². The van der Waals surface area contributed by atoms with Crippen LogP contribution in [0.1, 0.15) is 25.1 Å². The molecule has 4 nitrogen and oxygen atoms in total. The molecule has 0 aliphatic rings. The van der Waals surface area contributed by atoms with Crippen LogP contribution in [-0.4, -0.2) is 16.2 Å². The zero-order valence-electron chi connectivity index (χ0n) is 8.25. The van der Waals surface area contributed by atoms with E-state index in [0.717, 1.165) is 6.42 Å². The number of hydrogen-bond acceptors (Lipinski definition) is 3. The standard InChI is InChI=1S/C8H13ClF2N4/c1-2-3-15-7(5(9)4-13-15)6(14-12)8(10)11/h4,6,8,14H,2-3,12H2,1H3. The Labute approximate surface area is 91.4 Å². The second-order valence-corrected chi connectivity index (χ2v) is 3.49. The molecule has 1 rings (SSSR count). The van der Waals surface area contributed by atoms with Gasteiger partial charge in [-0.3, -0.25) is 10.5 Å². The van der Waals surface area contributed by atoms with Crippen LogP contribution in [0.15, 0.2) is 6.20 Å². The van der Waals surface area contributed by atoms with E-state index in [0.29, 0.717) is 6.54 Å². The summed E-state index contributed by atoms with van der Waals surface area (Å²) in [6.07, 6.45) is -0.495. The lowest BCUT2D eigenvalue weighted by Gasteiger charge is -2.17. The summed E-state index contributed by atoms with van der Waals surface area (Å²) < 4.78 is 26.7. The number of nitrogens with zero attached hydrogens (tertiary/aromatic N) is 2. The molecular weight excluding hydrogens is 226 g/mol. The van der Waals surface area contributed by atoms with E-state index >= 15 is 0 Å². The molecule has 1 unspecified atom stereocenters. The predicted octanol–water partition coefficient (Wildman–Crippen LogP) is 1.72. The lowest BCUT2D eigenvalue weighted by molar-refractivity contribution is 0.0943. The van der Waals surface area contributed by atoms with Crippen LogP contribution in [0.4, 0.5) is 8.78 Å². The Morgan fingerprint density at radius 1 is 1.67 bits per heavy atom. The summed E-state index contributed by atoms with van der Waals surface area (Å²) in [7, 11) is 0. The Bertz CT molecular complexity index is 316. The van der Waals surface area contributed by atoms with E-state index in [2.05, 4.69) is 5.10 Å². The van der Waals surface area contributed by atoms with E-state index in [9.17, 15) is 8.78 Å². The van der Waals surface area contributed by atoms with E-state index in [1.807, 2.05) is 12.3 Å². The van der Waals surface area contributed by atoms with Crippen LogP contribution in [0.3, 0.4) is 0 Å². The Balaban J connectivity index is 3.03. The van der Waals surface area contributed by atoms with Crippen LogP contribution < -0.4 is 11.3 Å². The number of nitrogens with one attached hydrogen (secondary N) is 1. The van der Waals surface area contributed by atoms with Gasteiger partial charge in [-0.05, 0) is 6.42 Å². The number of nitrogens with two attached hydrogens (primary N) is 1. The van der Waals surface area contributed by atoms with Crippen molar-refractivity contribution in [3.63, 3.8) is 0 Å². The zero-order valence-corrected chi connectivity index (χ0v) is 9.01. The van der Waals surface area contributed by atoms with Crippen LogP contribution in [0.2, 0.25) is 5.02 Å². The number of hydrogen-bond donors (Lipinski definition) is 2. The van der Waals surface area contributed by atoms with Gasteiger partial charge in [-0.15, -0.1) is 0 Å². The number of halogens is 3. The number of hydrazine groups is 1. The summed E-state index contributed by atoms with van der Waals surface area (Å²) >= 11 is 5.79. The van der Waals surface area contributed by atoms with Crippen LogP contribution in [-0.2, 0) is 6.54 Å². The highest BCUT2D eigenvalue weighted by Gasteiger charge is 2.27. The average Bonchev–Trinajstić information content (AvgIpc) is 2.51. The molecule has 0 fully saturated rings. The minimum Gasteiger partial charge on any atom is -0.271 e. The molecule has 15 heavy (non-hydrogen) atoms. The van der Waals surface area contributed by atoms with Crippen molar-refractivity contribution < 1.29 is 8.78 Å². The van der Waals surface area contributed by atoms with Gasteiger partial charge >= 0.3 is 0 Å². The van der Waals surface area contributed by atoms with Gasteiger partial charge in [0.05, 0.1) is 16.9 Å². The maximum atomic E-state index is 12.6. The molecule has 0 saturated heterocycles. The fourth-order valence-electron chi connectivity index (χ4n) is 1.34. The predicted molar refractivity (Wildman–Crippen MR) is 53.6 cm³/mol. The number of alkyl halides is 2. The minimum atomic E-state index is -2.63. The van der Waals surface area contributed by atoms with Crippen molar-refractivity contribution in [2.45, 2.75) is 32.4 Å². The molecule has 7 heteroatoms. The van der Waals surface area contributed by atoms with E-state index in [-0.39, 0.29) is 10.7 Å². The molecule has 0 aliphatic carbocycles. The Morgan fingerprint density at radius 3 is 2.80 bits per heavy atom. The van der Waals surface area contributed by atoms with Gasteiger partial charge in [-0.2, -0.15) is 5.10 Å². The smallest absolute Gasteiger partial charge is 0.260 e. The number of aryl methyl sites for hydroxylation is 1. The Morgan fingerprint density at radius 2 is 2.33 bits per heavy atom. The third-order valence-corrected chi connectivity index (χ3v) is 2.29. The first kappa shape index (κ1) is 12.4. The second-order valence-electron chi connectivity index (χ2n) is 3.08. The molecule has 0 saturated carbocycles. The highest BCUT2D eigenvalue weighted by molar-refractivity contribution is 6.31. The largest absolute Gasteiger partial charge is 0.271 e. The van der Waals surface area contributed by atoms with Gasteiger partial charge in [0.25, 0.3) is 6.43 Å². The molecule has 0 radical (unpaired) electrons. The normalized spacial score (nSPS) is 13.5. The summed E-state index contributed by atoms with van der Waals surface area (Å²) in [6.45, 7) is 2.46. The molecule has 0 amide bonds. The van der Waals surface area contributed by atoms with Gasteiger partial charge < -0.3 is 0 Å². The topological polar surface area (TPSA) is 55.9 Å². The van der Waals surface area contributed by atoms with Gasteiger partial charge in [-0.25, -0.2) is 14.2 Å². The average molecular weight is 239 g/mol. The molecule has 0 spiro atoms. The van der Waals surface area contributed by atoms with Crippen molar-refractivity contribution >= 4 is 11.6 Å². The molecule has 1 aromatic rings. The fraction of sp³-hybridized carbons (Fsp3) is 0.625. The SMILES string of the molecule is CCCn1ncc(Cl)c1C(NN)C(F)F.